The molecule has 0 spiro atoms. The highest BCUT2D eigenvalue weighted by molar-refractivity contribution is 7.19. The van der Waals surface area contributed by atoms with Crippen LogP contribution in [0.4, 0.5) is 0 Å². The van der Waals surface area contributed by atoms with Crippen LogP contribution in [-0.2, 0) is 13.1 Å². The molecule has 5 heterocycles. The minimum absolute atomic E-state index is 1.03. The van der Waals surface area contributed by atoms with E-state index in [4.69, 9.17) is 8.75 Å². The van der Waals surface area contributed by atoms with E-state index >= 15 is 0 Å². The van der Waals surface area contributed by atoms with E-state index in [1.54, 1.807) is 0 Å². The van der Waals surface area contributed by atoms with Gasteiger partial charge in [-0.1, -0.05) is 13.8 Å². The molecule has 7 heteroatoms. The van der Waals surface area contributed by atoms with Crippen molar-refractivity contribution in [2.45, 2.75) is 39.8 Å². The van der Waals surface area contributed by atoms with Gasteiger partial charge < -0.3 is 9.13 Å². The number of hydrogen-bond donors (Lipinski definition) is 0. The Balaban J connectivity index is 2.01. The smallest absolute Gasteiger partial charge is 0.116 e. The highest BCUT2D eigenvalue weighted by Gasteiger charge is 2.25. The summed E-state index contributed by atoms with van der Waals surface area (Å²) in [5.74, 6) is 0. The van der Waals surface area contributed by atoms with Crippen LogP contribution in [0.15, 0.2) is 22.9 Å². The summed E-state index contributed by atoms with van der Waals surface area (Å²) in [4.78, 5) is 0. The van der Waals surface area contributed by atoms with Crippen molar-refractivity contribution in [2.24, 2.45) is 0 Å². The molecule has 0 aliphatic carbocycles. The lowest BCUT2D eigenvalue weighted by molar-refractivity contribution is 0.711. The van der Waals surface area contributed by atoms with Crippen LogP contribution in [0.2, 0.25) is 0 Å². The van der Waals surface area contributed by atoms with Gasteiger partial charge in [-0.05, 0) is 35.7 Å². The molecule has 0 unspecified atom stereocenters. The first-order chi connectivity index (χ1) is 13.3. The van der Waals surface area contributed by atoms with Crippen LogP contribution < -0.4 is 0 Å². The zero-order valence-corrected chi connectivity index (χ0v) is 17.6. The van der Waals surface area contributed by atoms with Crippen LogP contribution in [0.1, 0.15) is 26.7 Å². The minimum Gasteiger partial charge on any atom is -0.338 e. The van der Waals surface area contributed by atoms with E-state index in [2.05, 4.69) is 45.9 Å². The normalized spacial score (nSPS) is 12.7. The van der Waals surface area contributed by atoms with Gasteiger partial charge in [-0.3, -0.25) is 0 Å². The van der Waals surface area contributed by atoms with Crippen molar-refractivity contribution in [3.05, 3.63) is 22.9 Å². The summed E-state index contributed by atoms with van der Waals surface area (Å²) in [5, 5.41) is 7.00. The quantitative estimate of drug-likeness (QED) is 0.318. The Morgan fingerprint density at radius 1 is 0.778 bits per heavy atom. The van der Waals surface area contributed by atoms with Crippen LogP contribution in [0.25, 0.3) is 53.3 Å². The van der Waals surface area contributed by atoms with Crippen molar-refractivity contribution >= 4 is 87.7 Å². The molecule has 0 aliphatic heterocycles. The van der Waals surface area contributed by atoms with Crippen molar-refractivity contribution in [3.63, 3.8) is 0 Å². The summed E-state index contributed by atoms with van der Waals surface area (Å²) in [7, 11) is 0. The van der Waals surface area contributed by atoms with Crippen LogP contribution in [0.3, 0.4) is 0 Å². The monoisotopic (exact) mass is 410 g/mol. The number of aryl methyl sites for hydroxylation is 2. The molecule has 0 atom stereocenters. The second kappa shape index (κ2) is 5.77. The number of fused-ring (bicyclic) bond motifs is 10. The van der Waals surface area contributed by atoms with Crippen LogP contribution >= 0.6 is 34.4 Å². The third-order valence-corrected chi connectivity index (χ3v) is 7.79. The minimum atomic E-state index is 1.03. The van der Waals surface area contributed by atoms with Crippen LogP contribution in [0, 0.1) is 0 Å². The summed E-state index contributed by atoms with van der Waals surface area (Å²) in [6.45, 7) is 6.57. The molecule has 1 aromatic carbocycles. The predicted molar refractivity (Wildman–Crippen MR) is 120 cm³/mol. The molecule has 0 fully saturated rings. The lowest BCUT2D eigenvalue weighted by Gasteiger charge is -2.10. The summed E-state index contributed by atoms with van der Waals surface area (Å²) < 4.78 is 17.3. The Labute approximate surface area is 168 Å². The third kappa shape index (κ3) is 1.92. The number of nitrogens with zero attached hydrogens (tertiary/aromatic N) is 4. The van der Waals surface area contributed by atoms with Gasteiger partial charge in [0, 0.05) is 23.9 Å². The molecule has 0 aliphatic rings. The van der Waals surface area contributed by atoms with Crippen molar-refractivity contribution in [1.29, 1.82) is 0 Å². The Morgan fingerprint density at radius 2 is 1.26 bits per heavy atom. The van der Waals surface area contributed by atoms with E-state index in [1.165, 1.54) is 54.0 Å². The third-order valence-electron chi connectivity index (χ3n) is 5.42. The Morgan fingerprint density at radius 3 is 1.70 bits per heavy atom. The summed E-state index contributed by atoms with van der Waals surface area (Å²) in [5.41, 5.74) is 7.54. The maximum atomic E-state index is 4.77. The molecule has 0 amide bonds. The highest BCUT2D eigenvalue weighted by atomic mass is 32.1. The lowest BCUT2D eigenvalue weighted by Crippen LogP contribution is -2.01. The summed E-state index contributed by atoms with van der Waals surface area (Å²) >= 11 is 5.00. The van der Waals surface area contributed by atoms with Gasteiger partial charge in [0.25, 0.3) is 0 Å². The zero-order chi connectivity index (χ0) is 18.1. The molecule has 4 nitrogen and oxygen atoms in total. The standard InChI is InChI=1S/C20H18N4S3/c1-3-7-23-11-5-9-25-19(11)13-15-16(22-27-21-15)14-18(17(13)23)24(8-4-2)12-6-10-26-20(12)14/h5-6,9-10H,3-4,7-8H2,1-2H3. The predicted octanol–water partition coefficient (Wildman–Crippen LogP) is 6.85. The summed E-state index contributed by atoms with van der Waals surface area (Å²) in [6.07, 6.45) is 2.23. The Bertz CT molecular complexity index is 1350. The maximum absolute atomic E-state index is 4.77. The average Bonchev–Trinajstić information content (AvgIpc) is 3.43. The van der Waals surface area contributed by atoms with Crippen LogP contribution in [0.5, 0.6) is 0 Å². The zero-order valence-electron chi connectivity index (χ0n) is 15.2. The molecule has 6 aromatic rings. The number of aromatic nitrogens is 4. The second-order valence-electron chi connectivity index (χ2n) is 6.98. The Kier molecular flexibility index (Phi) is 3.43. The van der Waals surface area contributed by atoms with Gasteiger partial charge in [-0.15, -0.1) is 22.7 Å². The van der Waals surface area contributed by atoms with E-state index < -0.39 is 0 Å². The van der Waals surface area contributed by atoms with E-state index in [0.29, 0.717) is 0 Å². The topological polar surface area (TPSA) is 35.6 Å². The number of rotatable bonds is 4. The molecule has 6 rings (SSSR count). The van der Waals surface area contributed by atoms with Gasteiger partial charge in [-0.2, -0.15) is 8.75 Å². The summed E-state index contributed by atoms with van der Waals surface area (Å²) in [6, 6.07) is 4.53. The molecule has 27 heavy (non-hydrogen) atoms. The van der Waals surface area contributed by atoms with Crippen molar-refractivity contribution in [1.82, 2.24) is 17.9 Å². The molecular formula is C20H18N4S3. The fourth-order valence-corrected chi connectivity index (χ4v) is 6.94. The van der Waals surface area contributed by atoms with Gasteiger partial charge >= 0.3 is 0 Å². The van der Waals surface area contributed by atoms with Crippen molar-refractivity contribution in [2.75, 3.05) is 0 Å². The maximum Gasteiger partial charge on any atom is 0.116 e. The molecule has 0 bridgehead atoms. The van der Waals surface area contributed by atoms with Gasteiger partial charge in [0.1, 0.15) is 11.0 Å². The SMILES string of the molecule is CCCn1c2ccsc2c2c3nsnc3c3c4sccc4n(CCC)c3c21. The molecule has 0 saturated heterocycles. The number of benzene rings is 1. The number of hydrogen-bond acceptors (Lipinski definition) is 5. The molecule has 136 valence electrons. The molecule has 0 N–H and O–H groups in total. The molecule has 0 radical (unpaired) electrons. The number of thiophene rings is 2. The van der Waals surface area contributed by atoms with Gasteiger partial charge in [0.2, 0.25) is 0 Å². The molecule has 0 saturated carbocycles. The Hall–Kier alpha value is -1.96. The van der Waals surface area contributed by atoms with E-state index in [9.17, 15) is 0 Å². The first-order valence-corrected chi connectivity index (χ1v) is 11.9. The van der Waals surface area contributed by atoms with Gasteiger partial charge in [0.15, 0.2) is 0 Å². The molecule has 5 aromatic heterocycles. The first-order valence-electron chi connectivity index (χ1n) is 9.38. The molecular weight excluding hydrogens is 392 g/mol. The second-order valence-corrected chi connectivity index (χ2v) is 9.34. The largest absolute Gasteiger partial charge is 0.338 e. The van der Waals surface area contributed by atoms with Gasteiger partial charge in [-0.25, -0.2) is 0 Å². The van der Waals surface area contributed by atoms with Crippen molar-refractivity contribution in [3.8, 4) is 0 Å². The van der Waals surface area contributed by atoms with Gasteiger partial charge in [0.05, 0.1) is 43.2 Å². The van der Waals surface area contributed by atoms with E-state index in [1.807, 2.05) is 22.7 Å². The van der Waals surface area contributed by atoms with E-state index in [0.717, 1.165) is 37.0 Å². The highest BCUT2D eigenvalue weighted by Crippen LogP contribution is 2.46. The average molecular weight is 411 g/mol. The fourth-order valence-electron chi connectivity index (χ4n) is 4.49. The lowest BCUT2D eigenvalue weighted by atomic mass is 10.1. The fraction of sp³-hybridized carbons (Fsp3) is 0.300. The first kappa shape index (κ1) is 16.0. The van der Waals surface area contributed by atoms with Crippen LogP contribution in [-0.4, -0.2) is 17.9 Å². The van der Waals surface area contributed by atoms with Crippen molar-refractivity contribution < 1.29 is 0 Å². The van der Waals surface area contributed by atoms with E-state index in [-0.39, 0.29) is 0 Å².